The highest BCUT2D eigenvalue weighted by Crippen LogP contribution is 2.10. The normalized spacial score (nSPS) is 15.4. The Kier molecular flexibility index (Phi) is 3.32. The third-order valence-corrected chi connectivity index (χ3v) is 3.38. The fourth-order valence-electron chi connectivity index (χ4n) is 2.28. The quantitative estimate of drug-likeness (QED) is 0.680. The van der Waals surface area contributed by atoms with Crippen molar-refractivity contribution >= 4 is 12.0 Å². The summed E-state index contributed by atoms with van der Waals surface area (Å²) in [5.74, 6) is 0.729. The van der Waals surface area contributed by atoms with Crippen LogP contribution in [0.3, 0.4) is 0 Å². The predicted octanol–water partition coefficient (Wildman–Crippen LogP) is -0.107. The third kappa shape index (κ3) is 2.47. The summed E-state index contributed by atoms with van der Waals surface area (Å²) in [5.41, 5.74) is 0. The molecule has 1 fully saturated rings. The molecule has 1 aliphatic rings. The van der Waals surface area contributed by atoms with Crippen molar-refractivity contribution in [2.45, 2.75) is 0 Å². The van der Waals surface area contributed by atoms with Gasteiger partial charge in [0.05, 0.1) is 7.05 Å². The molecule has 0 radical (unpaired) electrons. The van der Waals surface area contributed by atoms with Crippen molar-refractivity contribution in [2.24, 2.45) is 7.05 Å². The maximum absolute atomic E-state index is 12.3. The molecule has 3 heterocycles. The monoisotopic (exact) mass is 273 g/mol. The lowest BCUT2D eigenvalue weighted by Crippen LogP contribution is -2.50. The predicted molar refractivity (Wildman–Crippen MR) is 72.2 cm³/mol. The molecule has 104 valence electrons. The molecule has 1 amide bonds. The summed E-state index contributed by atoms with van der Waals surface area (Å²) < 4.78 is 3.46. The number of carbonyl (C=O) groups is 1. The van der Waals surface area contributed by atoms with Crippen LogP contribution in [0.2, 0.25) is 0 Å². The van der Waals surface area contributed by atoms with Crippen LogP contribution < -0.4 is 9.47 Å². The Morgan fingerprint density at radius 3 is 2.50 bits per heavy atom. The molecule has 0 atom stereocenters. The van der Waals surface area contributed by atoms with Gasteiger partial charge in [0.25, 0.3) is 6.33 Å². The van der Waals surface area contributed by atoms with Crippen molar-refractivity contribution in [2.75, 3.05) is 31.1 Å². The summed E-state index contributed by atoms with van der Waals surface area (Å²) in [4.78, 5) is 24.7. The first-order chi connectivity index (χ1) is 9.74. The molecular weight excluding hydrogens is 256 g/mol. The third-order valence-electron chi connectivity index (χ3n) is 3.38. The van der Waals surface area contributed by atoms with Crippen molar-refractivity contribution < 1.29 is 9.36 Å². The summed E-state index contributed by atoms with van der Waals surface area (Å²) in [6, 6.07) is 1.81. The number of hydrogen-bond donors (Lipinski definition) is 0. The van der Waals surface area contributed by atoms with Gasteiger partial charge in [-0.05, 0) is 6.07 Å². The summed E-state index contributed by atoms with van der Waals surface area (Å²) in [6.07, 6.45) is 8.87. The van der Waals surface area contributed by atoms with Gasteiger partial charge in [-0.15, -0.1) is 0 Å². The number of piperazine rings is 1. The van der Waals surface area contributed by atoms with E-state index < -0.39 is 0 Å². The molecule has 1 aliphatic heterocycles. The van der Waals surface area contributed by atoms with E-state index in [-0.39, 0.29) is 6.03 Å². The first-order valence-electron chi connectivity index (χ1n) is 6.58. The molecule has 0 spiro atoms. The van der Waals surface area contributed by atoms with E-state index in [1.165, 1.54) is 0 Å². The van der Waals surface area contributed by atoms with Gasteiger partial charge >= 0.3 is 6.03 Å². The second-order valence-corrected chi connectivity index (χ2v) is 4.79. The number of rotatable bonds is 1. The Bertz CT molecular complexity index is 588. The van der Waals surface area contributed by atoms with Crippen LogP contribution in [-0.4, -0.2) is 51.6 Å². The van der Waals surface area contributed by atoms with Crippen LogP contribution in [0.5, 0.6) is 0 Å². The number of hydrogen-bond acceptors (Lipinski definition) is 4. The highest BCUT2D eigenvalue weighted by Gasteiger charge is 2.26. The van der Waals surface area contributed by atoms with Gasteiger partial charge in [-0.2, -0.15) is 4.57 Å². The Balaban J connectivity index is 1.63. The molecule has 0 saturated carbocycles. The molecular formula is C13H17N6O+. The number of imidazole rings is 1. The number of nitrogens with zero attached hydrogens (tertiary/aromatic N) is 6. The second-order valence-electron chi connectivity index (χ2n) is 4.79. The van der Waals surface area contributed by atoms with Crippen LogP contribution in [0, 0.1) is 0 Å². The molecule has 2 aromatic heterocycles. The summed E-state index contributed by atoms with van der Waals surface area (Å²) in [5, 5.41) is 0. The van der Waals surface area contributed by atoms with Crippen LogP contribution in [0.15, 0.2) is 37.2 Å². The minimum atomic E-state index is 0.0132. The zero-order chi connectivity index (χ0) is 13.9. The van der Waals surface area contributed by atoms with Gasteiger partial charge < -0.3 is 9.80 Å². The highest BCUT2D eigenvalue weighted by atomic mass is 16.2. The van der Waals surface area contributed by atoms with Crippen molar-refractivity contribution in [3.05, 3.63) is 37.2 Å². The van der Waals surface area contributed by atoms with Crippen LogP contribution in [0.1, 0.15) is 0 Å². The minimum absolute atomic E-state index is 0.0132. The van der Waals surface area contributed by atoms with E-state index in [4.69, 9.17) is 0 Å². The Morgan fingerprint density at radius 2 is 1.90 bits per heavy atom. The first-order valence-corrected chi connectivity index (χ1v) is 6.58. The molecule has 7 heteroatoms. The van der Waals surface area contributed by atoms with Gasteiger partial charge in [0.2, 0.25) is 5.95 Å². The van der Waals surface area contributed by atoms with Crippen LogP contribution in [0.25, 0.3) is 0 Å². The van der Waals surface area contributed by atoms with E-state index >= 15 is 0 Å². The van der Waals surface area contributed by atoms with E-state index in [1.54, 1.807) is 35.6 Å². The van der Waals surface area contributed by atoms with Crippen molar-refractivity contribution in [3.63, 3.8) is 0 Å². The van der Waals surface area contributed by atoms with Crippen molar-refractivity contribution in [1.29, 1.82) is 0 Å². The SMILES string of the molecule is C[n+]1ccn(C(=O)N2CCN(c3ncccn3)CC2)c1. The average Bonchev–Trinajstić information content (AvgIpc) is 2.94. The number of amides is 1. The molecule has 3 rings (SSSR count). The number of anilines is 1. The lowest BCUT2D eigenvalue weighted by molar-refractivity contribution is -0.670. The van der Waals surface area contributed by atoms with E-state index in [1.807, 2.05) is 22.7 Å². The smallest absolute Gasteiger partial charge is 0.337 e. The standard InChI is InChI=1S/C13H17N6O/c1-16-5-6-19(11-16)13(20)18-9-7-17(8-10-18)12-14-3-2-4-15-12/h2-6,11H,7-10H2,1H3/q+1. The lowest BCUT2D eigenvalue weighted by atomic mass is 10.3. The topological polar surface area (TPSA) is 58.1 Å². The van der Waals surface area contributed by atoms with Gasteiger partial charge in [0, 0.05) is 38.6 Å². The van der Waals surface area contributed by atoms with Gasteiger partial charge in [0.15, 0.2) is 0 Å². The molecule has 0 N–H and O–H groups in total. The van der Waals surface area contributed by atoms with Gasteiger partial charge in [-0.3, -0.25) is 0 Å². The number of carbonyl (C=O) groups excluding carboxylic acids is 1. The molecule has 20 heavy (non-hydrogen) atoms. The van der Waals surface area contributed by atoms with E-state index in [0.717, 1.165) is 19.0 Å². The van der Waals surface area contributed by atoms with Crippen LogP contribution >= 0.6 is 0 Å². The first kappa shape index (κ1) is 12.6. The van der Waals surface area contributed by atoms with Crippen molar-refractivity contribution in [1.82, 2.24) is 19.4 Å². The molecule has 7 nitrogen and oxygen atoms in total. The van der Waals surface area contributed by atoms with E-state index in [9.17, 15) is 4.79 Å². The number of aromatic nitrogens is 4. The molecule has 0 aliphatic carbocycles. The zero-order valence-electron chi connectivity index (χ0n) is 11.4. The fourth-order valence-corrected chi connectivity index (χ4v) is 2.28. The molecule has 0 aromatic carbocycles. The molecule has 2 aromatic rings. The fraction of sp³-hybridized carbons (Fsp3) is 0.385. The Labute approximate surface area is 117 Å². The van der Waals surface area contributed by atoms with E-state index in [2.05, 4.69) is 14.9 Å². The van der Waals surface area contributed by atoms with Crippen molar-refractivity contribution in [3.8, 4) is 0 Å². The maximum Gasteiger partial charge on any atom is 0.415 e. The second kappa shape index (κ2) is 5.28. The Morgan fingerprint density at radius 1 is 1.20 bits per heavy atom. The van der Waals surface area contributed by atoms with E-state index in [0.29, 0.717) is 13.1 Å². The number of aryl methyl sites for hydroxylation is 1. The lowest BCUT2D eigenvalue weighted by Gasteiger charge is -2.33. The minimum Gasteiger partial charge on any atom is -0.337 e. The maximum atomic E-state index is 12.3. The average molecular weight is 273 g/mol. The summed E-state index contributed by atoms with van der Waals surface area (Å²) in [6.45, 7) is 2.87. The largest absolute Gasteiger partial charge is 0.415 e. The van der Waals surface area contributed by atoms with Gasteiger partial charge in [-0.1, -0.05) is 0 Å². The Hall–Kier alpha value is -2.44. The molecule has 0 bridgehead atoms. The summed E-state index contributed by atoms with van der Waals surface area (Å²) in [7, 11) is 1.90. The molecule has 0 unspecified atom stereocenters. The van der Waals surface area contributed by atoms with Gasteiger partial charge in [0.1, 0.15) is 12.4 Å². The van der Waals surface area contributed by atoms with Gasteiger partial charge in [-0.25, -0.2) is 19.3 Å². The zero-order valence-corrected chi connectivity index (χ0v) is 11.4. The van der Waals surface area contributed by atoms with Crippen LogP contribution in [-0.2, 0) is 7.05 Å². The van der Waals surface area contributed by atoms with Crippen LogP contribution in [0.4, 0.5) is 10.7 Å². The highest BCUT2D eigenvalue weighted by molar-refractivity contribution is 5.76. The molecule has 1 saturated heterocycles. The summed E-state index contributed by atoms with van der Waals surface area (Å²) >= 11 is 0.